The number of amides is 1. The third-order valence-electron chi connectivity index (χ3n) is 3.60. The zero-order valence-electron chi connectivity index (χ0n) is 10.9. The number of halogens is 1. The van der Waals surface area contributed by atoms with Gasteiger partial charge in [-0.25, -0.2) is 4.39 Å². The van der Waals surface area contributed by atoms with Crippen LogP contribution in [-0.4, -0.2) is 28.9 Å². The molecule has 3 nitrogen and oxygen atoms in total. The molecule has 1 fully saturated rings. The van der Waals surface area contributed by atoms with Crippen LogP contribution < -0.4 is 5.73 Å². The summed E-state index contributed by atoms with van der Waals surface area (Å²) in [5, 5.41) is 0. The van der Waals surface area contributed by atoms with Gasteiger partial charge in [0.05, 0.1) is 4.99 Å². The molecule has 2 N–H and O–H groups in total. The third kappa shape index (κ3) is 3.10. The van der Waals surface area contributed by atoms with Crippen LogP contribution in [0.2, 0.25) is 0 Å². The molecule has 0 radical (unpaired) electrons. The molecule has 1 aliphatic rings. The highest BCUT2D eigenvalue weighted by molar-refractivity contribution is 7.80. The van der Waals surface area contributed by atoms with Crippen molar-refractivity contribution in [2.45, 2.75) is 19.8 Å². The van der Waals surface area contributed by atoms with Crippen molar-refractivity contribution in [2.24, 2.45) is 11.7 Å². The zero-order valence-corrected chi connectivity index (χ0v) is 11.7. The van der Waals surface area contributed by atoms with E-state index in [-0.39, 0.29) is 17.6 Å². The number of carbonyl (C=O) groups excluding carboxylic acids is 1. The molecule has 0 unspecified atom stereocenters. The molecule has 1 amide bonds. The van der Waals surface area contributed by atoms with E-state index < -0.39 is 0 Å². The van der Waals surface area contributed by atoms with Crippen molar-refractivity contribution in [3.63, 3.8) is 0 Å². The van der Waals surface area contributed by atoms with Crippen LogP contribution in [0.25, 0.3) is 0 Å². The number of nitrogens with zero attached hydrogens (tertiary/aromatic N) is 1. The molecular formula is C14H17FN2OS. The number of nitrogens with two attached hydrogens (primary N) is 1. The van der Waals surface area contributed by atoms with E-state index in [0.717, 1.165) is 12.8 Å². The lowest BCUT2D eigenvalue weighted by molar-refractivity contribution is 0.0710. The maximum atomic E-state index is 13.5. The number of carbonyl (C=O) groups is 1. The smallest absolute Gasteiger partial charge is 0.253 e. The Morgan fingerprint density at radius 1 is 1.42 bits per heavy atom. The number of likely N-dealkylation sites (tertiary alicyclic amines) is 1. The quantitative estimate of drug-likeness (QED) is 0.845. The monoisotopic (exact) mass is 280 g/mol. The van der Waals surface area contributed by atoms with E-state index in [0.29, 0.717) is 29.2 Å². The first-order valence-corrected chi connectivity index (χ1v) is 6.74. The van der Waals surface area contributed by atoms with Crippen LogP contribution in [0.5, 0.6) is 0 Å². The van der Waals surface area contributed by atoms with Gasteiger partial charge in [0.25, 0.3) is 5.91 Å². The molecule has 19 heavy (non-hydrogen) atoms. The van der Waals surface area contributed by atoms with Crippen molar-refractivity contribution < 1.29 is 9.18 Å². The van der Waals surface area contributed by atoms with Gasteiger partial charge in [-0.15, -0.1) is 0 Å². The Morgan fingerprint density at radius 3 is 2.58 bits per heavy atom. The predicted molar refractivity (Wildman–Crippen MR) is 76.5 cm³/mol. The number of rotatable bonds is 2. The summed E-state index contributed by atoms with van der Waals surface area (Å²) in [4.78, 5) is 14.5. The van der Waals surface area contributed by atoms with Crippen LogP contribution in [0.1, 0.15) is 28.8 Å². The molecule has 1 aliphatic heterocycles. The van der Waals surface area contributed by atoms with Crippen molar-refractivity contribution in [2.75, 3.05) is 13.1 Å². The fourth-order valence-corrected chi connectivity index (χ4v) is 2.51. The van der Waals surface area contributed by atoms with Crippen molar-refractivity contribution in [3.8, 4) is 0 Å². The Kier molecular flexibility index (Phi) is 4.14. The molecule has 0 spiro atoms. The van der Waals surface area contributed by atoms with Crippen LogP contribution in [0.15, 0.2) is 18.2 Å². The molecule has 1 aromatic carbocycles. The molecule has 1 aromatic rings. The lowest BCUT2D eigenvalue weighted by atomic mass is 9.96. The maximum absolute atomic E-state index is 13.5. The summed E-state index contributed by atoms with van der Waals surface area (Å²) < 4.78 is 13.5. The van der Waals surface area contributed by atoms with Gasteiger partial charge in [-0.05, 0) is 37.5 Å². The fraction of sp³-hybridized carbons (Fsp3) is 0.429. The van der Waals surface area contributed by atoms with Crippen molar-refractivity contribution in [1.82, 2.24) is 4.90 Å². The lowest BCUT2D eigenvalue weighted by Crippen LogP contribution is -2.41. The van der Waals surface area contributed by atoms with Gasteiger partial charge in [-0.3, -0.25) is 4.79 Å². The molecule has 102 valence electrons. The van der Waals surface area contributed by atoms with E-state index in [9.17, 15) is 9.18 Å². The van der Waals surface area contributed by atoms with Gasteiger partial charge in [0.2, 0.25) is 0 Å². The van der Waals surface area contributed by atoms with E-state index in [1.54, 1.807) is 24.0 Å². The second-order valence-corrected chi connectivity index (χ2v) is 5.40. The van der Waals surface area contributed by atoms with Crippen LogP contribution in [0.4, 0.5) is 4.39 Å². The molecule has 0 aromatic heterocycles. The van der Waals surface area contributed by atoms with Crippen LogP contribution in [0, 0.1) is 18.7 Å². The second kappa shape index (κ2) is 5.65. The minimum absolute atomic E-state index is 0.125. The number of piperidine rings is 1. The minimum atomic E-state index is -0.344. The molecule has 0 atom stereocenters. The predicted octanol–water partition coefficient (Wildman–Crippen LogP) is 2.27. The molecule has 0 bridgehead atoms. The van der Waals surface area contributed by atoms with Gasteiger partial charge in [0.1, 0.15) is 5.82 Å². The summed E-state index contributed by atoms with van der Waals surface area (Å²) in [5.41, 5.74) is 6.56. The molecule has 1 heterocycles. The van der Waals surface area contributed by atoms with E-state index in [1.165, 1.54) is 6.07 Å². The summed E-state index contributed by atoms with van der Waals surface area (Å²) >= 11 is 4.97. The van der Waals surface area contributed by atoms with E-state index >= 15 is 0 Å². The number of thiocarbonyl (C=S) groups is 1. The Balaban J connectivity index is 2.05. The van der Waals surface area contributed by atoms with E-state index in [2.05, 4.69) is 0 Å². The number of hydrogen-bond donors (Lipinski definition) is 1. The summed E-state index contributed by atoms with van der Waals surface area (Å²) in [6, 6.07) is 4.60. The third-order valence-corrected chi connectivity index (χ3v) is 3.94. The summed E-state index contributed by atoms with van der Waals surface area (Å²) in [7, 11) is 0. The molecule has 0 aliphatic carbocycles. The van der Waals surface area contributed by atoms with Crippen molar-refractivity contribution in [1.29, 1.82) is 0 Å². The number of aryl methyl sites for hydroxylation is 1. The van der Waals surface area contributed by atoms with Gasteiger partial charge >= 0.3 is 0 Å². The standard InChI is InChI=1S/C14H17FN2OS/c1-9-2-3-11(8-12(9)15)14(18)17-6-4-10(5-7-17)13(16)19/h2-3,8,10H,4-7H2,1H3,(H2,16,19). The van der Waals surface area contributed by atoms with E-state index in [1.807, 2.05) is 0 Å². The van der Waals surface area contributed by atoms with Crippen LogP contribution in [-0.2, 0) is 0 Å². The molecule has 5 heteroatoms. The summed E-state index contributed by atoms with van der Waals surface area (Å²) in [6.07, 6.45) is 1.57. The first-order chi connectivity index (χ1) is 8.99. The fourth-order valence-electron chi connectivity index (χ4n) is 2.28. The van der Waals surface area contributed by atoms with Gasteiger partial charge in [0.15, 0.2) is 0 Å². The highest BCUT2D eigenvalue weighted by Gasteiger charge is 2.25. The number of hydrogen-bond acceptors (Lipinski definition) is 2. The van der Waals surface area contributed by atoms with Gasteiger partial charge in [-0.1, -0.05) is 18.3 Å². The van der Waals surface area contributed by atoms with Crippen molar-refractivity contribution >= 4 is 23.1 Å². The molecular weight excluding hydrogens is 263 g/mol. The van der Waals surface area contributed by atoms with Crippen LogP contribution in [0.3, 0.4) is 0 Å². The highest BCUT2D eigenvalue weighted by atomic mass is 32.1. The van der Waals surface area contributed by atoms with Crippen LogP contribution >= 0.6 is 12.2 Å². The highest BCUT2D eigenvalue weighted by Crippen LogP contribution is 2.20. The topological polar surface area (TPSA) is 46.3 Å². The zero-order chi connectivity index (χ0) is 14.0. The van der Waals surface area contributed by atoms with Gasteiger partial charge < -0.3 is 10.6 Å². The first-order valence-electron chi connectivity index (χ1n) is 6.34. The SMILES string of the molecule is Cc1ccc(C(=O)N2CCC(C(N)=S)CC2)cc1F. The molecule has 1 saturated heterocycles. The molecule has 0 saturated carbocycles. The average molecular weight is 280 g/mol. The van der Waals surface area contributed by atoms with Crippen molar-refractivity contribution in [3.05, 3.63) is 35.1 Å². The summed E-state index contributed by atoms with van der Waals surface area (Å²) in [6.45, 7) is 2.92. The van der Waals surface area contributed by atoms with Gasteiger partial charge in [-0.2, -0.15) is 0 Å². The normalized spacial score (nSPS) is 16.4. The van der Waals surface area contributed by atoms with E-state index in [4.69, 9.17) is 18.0 Å². The number of benzene rings is 1. The van der Waals surface area contributed by atoms with Gasteiger partial charge in [0, 0.05) is 24.6 Å². The summed E-state index contributed by atoms with van der Waals surface area (Å²) in [5.74, 6) is -0.252. The Labute approximate surface area is 117 Å². The Morgan fingerprint density at radius 2 is 2.05 bits per heavy atom. The Bertz CT molecular complexity index is 510. The second-order valence-electron chi connectivity index (χ2n) is 4.93. The average Bonchev–Trinajstić information content (AvgIpc) is 2.41. The molecule has 2 rings (SSSR count). The minimum Gasteiger partial charge on any atom is -0.393 e. The Hall–Kier alpha value is -1.49. The largest absolute Gasteiger partial charge is 0.393 e. The first kappa shape index (κ1) is 13.9. The lowest BCUT2D eigenvalue weighted by Gasteiger charge is -2.31. The maximum Gasteiger partial charge on any atom is 0.253 e.